The second kappa shape index (κ2) is 6.77. The number of pyridine rings is 1. The van der Waals surface area contributed by atoms with Gasteiger partial charge in [0, 0.05) is 16.0 Å². The van der Waals surface area contributed by atoms with E-state index in [9.17, 15) is 5.26 Å². The van der Waals surface area contributed by atoms with Gasteiger partial charge in [0.25, 0.3) is 0 Å². The molecule has 3 nitrogen and oxygen atoms in total. The summed E-state index contributed by atoms with van der Waals surface area (Å²) in [6.07, 6.45) is 2.04. The van der Waals surface area contributed by atoms with Crippen molar-refractivity contribution in [1.29, 1.82) is 5.26 Å². The summed E-state index contributed by atoms with van der Waals surface area (Å²) < 4.78 is 0. The largest absolute Gasteiger partial charge is 0.383 e. The highest BCUT2D eigenvalue weighted by Crippen LogP contribution is 2.36. The predicted octanol–water partition coefficient (Wildman–Crippen LogP) is 4.90. The fraction of sp³-hybridized carbons (Fsp3) is 0.100. The maximum atomic E-state index is 9.57. The Morgan fingerprint density at radius 2 is 1.67 bits per heavy atom. The van der Waals surface area contributed by atoms with Crippen molar-refractivity contribution in [2.75, 3.05) is 12.0 Å². The van der Waals surface area contributed by atoms with Crippen molar-refractivity contribution < 1.29 is 0 Å². The Balaban J connectivity index is 2.27. The zero-order chi connectivity index (χ0) is 17.1. The van der Waals surface area contributed by atoms with E-state index in [2.05, 4.69) is 23.2 Å². The number of benzene rings is 2. The average molecular weight is 331 g/mol. The molecule has 0 aliphatic heterocycles. The third-order valence-electron chi connectivity index (χ3n) is 4.01. The summed E-state index contributed by atoms with van der Waals surface area (Å²) in [5.41, 5.74) is 11.1. The van der Waals surface area contributed by atoms with Gasteiger partial charge in [0.15, 0.2) is 0 Å². The molecule has 0 atom stereocenters. The van der Waals surface area contributed by atoms with Crippen LogP contribution in [0.1, 0.15) is 11.1 Å². The molecule has 24 heavy (non-hydrogen) atoms. The molecule has 3 rings (SSSR count). The van der Waals surface area contributed by atoms with Crippen LogP contribution in [-0.4, -0.2) is 11.2 Å². The van der Waals surface area contributed by atoms with Gasteiger partial charge in [-0.05, 0) is 36.4 Å². The molecule has 1 heterocycles. The maximum Gasteiger partial charge on any atom is 0.142 e. The Morgan fingerprint density at radius 3 is 2.25 bits per heavy atom. The highest BCUT2D eigenvalue weighted by molar-refractivity contribution is 7.98. The Labute approximate surface area is 146 Å². The summed E-state index contributed by atoms with van der Waals surface area (Å²) >= 11 is 1.69. The zero-order valence-electron chi connectivity index (χ0n) is 13.6. The third kappa shape index (κ3) is 2.86. The molecule has 0 radical (unpaired) electrons. The van der Waals surface area contributed by atoms with Gasteiger partial charge in [-0.2, -0.15) is 5.26 Å². The second-order valence-electron chi connectivity index (χ2n) is 5.43. The van der Waals surface area contributed by atoms with Gasteiger partial charge in [-0.1, -0.05) is 42.5 Å². The fourth-order valence-electron chi connectivity index (χ4n) is 2.80. The van der Waals surface area contributed by atoms with Gasteiger partial charge in [-0.15, -0.1) is 11.8 Å². The summed E-state index contributed by atoms with van der Waals surface area (Å²) in [7, 11) is 0. The average Bonchev–Trinajstić information content (AvgIpc) is 2.63. The SMILES string of the molecule is CSc1ccc(-c2c(C)c(-c3ccccc3)nc(N)c2C#N)cc1. The first-order valence-electron chi connectivity index (χ1n) is 7.55. The van der Waals surface area contributed by atoms with Crippen molar-refractivity contribution in [3.63, 3.8) is 0 Å². The van der Waals surface area contributed by atoms with E-state index >= 15 is 0 Å². The molecule has 0 spiro atoms. The van der Waals surface area contributed by atoms with Gasteiger partial charge in [-0.3, -0.25) is 0 Å². The summed E-state index contributed by atoms with van der Waals surface area (Å²) in [5.74, 6) is 0.269. The van der Waals surface area contributed by atoms with E-state index in [1.54, 1.807) is 11.8 Å². The number of nitriles is 1. The first-order chi connectivity index (χ1) is 11.7. The number of hydrogen-bond acceptors (Lipinski definition) is 4. The number of nitrogen functional groups attached to an aromatic ring is 1. The van der Waals surface area contributed by atoms with E-state index in [0.717, 1.165) is 27.9 Å². The summed E-state index contributed by atoms with van der Waals surface area (Å²) in [4.78, 5) is 5.67. The van der Waals surface area contributed by atoms with Crippen LogP contribution >= 0.6 is 11.8 Å². The van der Waals surface area contributed by atoms with Crippen molar-refractivity contribution in [3.8, 4) is 28.5 Å². The van der Waals surface area contributed by atoms with Gasteiger partial charge < -0.3 is 5.73 Å². The molecule has 0 saturated heterocycles. The van der Waals surface area contributed by atoms with Crippen LogP contribution in [0.2, 0.25) is 0 Å². The number of hydrogen-bond donors (Lipinski definition) is 1. The molecule has 0 bridgehead atoms. The first-order valence-corrected chi connectivity index (χ1v) is 8.78. The number of thioether (sulfide) groups is 1. The normalized spacial score (nSPS) is 10.4. The third-order valence-corrected chi connectivity index (χ3v) is 4.75. The molecule has 0 aliphatic carbocycles. The molecule has 2 N–H and O–H groups in total. The minimum absolute atomic E-state index is 0.269. The zero-order valence-corrected chi connectivity index (χ0v) is 14.4. The van der Waals surface area contributed by atoms with Crippen LogP contribution in [0.3, 0.4) is 0 Å². The minimum atomic E-state index is 0.269. The monoisotopic (exact) mass is 331 g/mol. The lowest BCUT2D eigenvalue weighted by atomic mass is 9.93. The Morgan fingerprint density at radius 1 is 1.00 bits per heavy atom. The highest BCUT2D eigenvalue weighted by atomic mass is 32.2. The lowest BCUT2D eigenvalue weighted by Crippen LogP contribution is -2.03. The fourth-order valence-corrected chi connectivity index (χ4v) is 3.21. The van der Waals surface area contributed by atoms with Crippen LogP contribution in [0, 0.1) is 18.3 Å². The summed E-state index contributed by atoms with van der Waals surface area (Å²) in [6.45, 7) is 1.99. The highest BCUT2D eigenvalue weighted by Gasteiger charge is 2.18. The molecule has 118 valence electrons. The number of nitrogens with zero attached hydrogens (tertiary/aromatic N) is 2. The van der Waals surface area contributed by atoms with Crippen LogP contribution in [0.15, 0.2) is 59.5 Å². The lowest BCUT2D eigenvalue weighted by Gasteiger charge is -2.15. The number of nitrogens with two attached hydrogens (primary N) is 1. The van der Waals surface area contributed by atoms with E-state index in [1.807, 2.05) is 55.6 Å². The van der Waals surface area contributed by atoms with Gasteiger partial charge >= 0.3 is 0 Å². The van der Waals surface area contributed by atoms with E-state index in [-0.39, 0.29) is 5.82 Å². The van der Waals surface area contributed by atoms with Crippen LogP contribution in [-0.2, 0) is 0 Å². The van der Waals surface area contributed by atoms with Gasteiger partial charge in [0.1, 0.15) is 17.5 Å². The molecule has 0 unspecified atom stereocenters. The minimum Gasteiger partial charge on any atom is -0.383 e. The van der Waals surface area contributed by atoms with Crippen molar-refractivity contribution in [2.24, 2.45) is 0 Å². The van der Waals surface area contributed by atoms with Crippen molar-refractivity contribution >= 4 is 17.6 Å². The molecule has 0 amide bonds. The van der Waals surface area contributed by atoms with E-state index in [4.69, 9.17) is 5.73 Å². The number of rotatable bonds is 3. The van der Waals surface area contributed by atoms with Crippen LogP contribution in [0.25, 0.3) is 22.4 Å². The van der Waals surface area contributed by atoms with Crippen molar-refractivity contribution in [2.45, 2.75) is 11.8 Å². The standard InChI is InChI=1S/C20H17N3S/c1-13-18(14-8-10-16(24-2)11-9-14)17(12-21)20(22)23-19(13)15-6-4-3-5-7-15/h3-11H,1-2H3,(H2,22,23). The quantitative estimate of drug-likeness (QED) is 0.693. The smallest absolute Gasteiger partial charge is 0.142 e. The van der Waals surface area contributed by atoms with Crippen LogP contribution in [0.4, 0.5) is 5.82 Å². The molecule has 2 aromatic carbocycles. The Kier molecular flexibility index (Phi) is 4.54. The van der Waals surface area contributed by atoms with Crippen molar-refractivity contribution in [3.05, 3.63) is 65.7 Å². The first kappa shape index (κ1) is 16.1. The molecule has 4 heteroatoms. The molecule has 1 aromatic heterocycles. The Bertz CT molecular complexity index is 910. The molecule has 0 saturated carbocycles. The van der Waals surface area contributed by atoms with Gasteiger partial charge in [0.2, 0.25) is 0 Å². The topological polar surface area (TPSA) is 62.7 Å². The maximum absolute atomic E-state index is 9.57. The Hall–Kier alpha value is -2.77. The number of aromatic nitrogens is 1. The van der Waals surface area contributed by atoms with Crippen LogP contribution < -0.4 is 5.73 Å². The molecular weight excluding hydrogens is 314 g/mol. The molecule has 3 aromatic rings. The predicted molar refractivity (Wildman–Crippen MR) is 101 cm³/mol. The van der Waals surface area contributed by atoms with E-state index in [1.165, 1.54) is 4.90 Å². The lowest BCUT2D eigenvalue weighted by molar-refractivity contribution is 1.26. The van der Waals surface area contributed by atoms with Crippen LogP contribution in [0.5, 0.6) is 0 Å². The van der Waals surface area contributed by atoms with Crippen molar-refractivity contribution in [1.82, 2.24) is 4.98 Å². The molecule has 0 aliphatic rings. The molecule has 0 fully saturated rings. The van der Waals surface area contributed by atoms with E-state index in [0.29, 0.717) is 5.56 Å². The number of anilines is 1. The van der Waals surface area contributed by atoms with Gasteiger partial charge in [0.05, 0.1) is 5.69 Å². The second-order valence-corrected chi connectivity index (χ2v) is 6.31. The van der Waals surface area contributed by atoms with E-state index < -0.39 is 0 Å². The van der Waals surface area contributed by atoms with Gasteiger partial charge in [-0.25, -0.2) is 4.98 Å². The summed E-state index contributed by atoms with van der Waals surface area (Å²) in [5, 5.41) is 9.57. The molecular formula is C20H17N3S. The summed E-state index contributed by atoms with van der Waals surface area (Å²) in [6, 6.07) is 20.3.